The molecule has 0 bridgehead atoms. The molecule has 1 aromatic carbocycles. The smallest absolute Gasteiger partial charge is 0.0662 e. The topological polar surface area (TPSA) is 21.3 Å². The van der Waals surface area contributed by atoms with Gasteiger partial charge in [-0.05, 0) is 30.5 Å². The van der Waals surface area contributed by atoms with Crippen LogP contribution < -0.4 is 5.32 Å². The molecule has 1 aliphatic heterocycles. The monoisotopic (exact) mass is 227 g/mol. The van der Waals surface area contributed by atoms with E-state index >= 15 is 0 Å². The molecular formula is C12H18ClNO. The lowest BCUT2D eigenvalue weighted by Gasteiger charge is -2.24. The van der Waals surface area contributed by atoms with Gasteiger partial charge >= 0.3 is 0 Å². The summed E-state index contributed by atoms with van der Waals surface area (Å²) < 4.78 is 5.44. The molecule has 1 fully saturated rings. The second kappa shape index (κ2) is 5.50. The average molecular weight is 228 g/mol. The standard InChI is InChI=1S/C12H17NO.ClH/c1-9-3-4-11(7-10(9)2)12-8-14-6-5-13-12;/h3-4,7,12-13H,5-6,8H2,1-2H3;1H/t12-;/m1./s1. The van der Waals surface area contributed by atoms with Crippen molar-refractivity contribution in [3.8, 4) is 0 Å². The molecule has 84 valence electrons. The Balaban J connectivity index is 0.00000112. The van der Waals surface area contributed by atoms with Crippen LogP contribution in [0.15, 0.2) is 18.2 Å². The van der Waals surface area contributed by atoms with E-state index in [0.29, 0.717) is 6.04 Å². The van der Waals surface area contributed by atoms with Crippen LogP contribution in [0.25, 0.3) is 0 Å². The van der Waals surface area contributed by atoms with E-state index in [4.69, 9.17) is 4.74 Å². The van der Waals surface area contributed by atoms with E-state index in [-0.39, 0.29) is 12.4 Å². The Morgan fingerprint density at radius 1 is 1.27 bits per heavy atom. The van der Waals surface area contributed by atoms with Crippen molar-refractivity contribution in [2.75, 3.05) is 19.8 Å². The highest BCUT2D eigenvalue weighted by Gasteiger charge is 2.14. The largest absolute Gasteiger partial charge is 0.378 e. The van der Waals surface area contributed by atoms with Crippen LogP contribution in [0.2, 0.25) is 0 Å². The van der Waals surface area contributed by atoms with Crippen LogP contribution in [0.4, 0.5) is 0 Å². The molecule has 2 rings (SSSR count). The summed E-state index contributed by atoms with van der Waals surface area (Å²) in [5.74, 6) is 0. The number of hydrogen-bond donors (Lipinski definition) is 1. The Bertz CT molecular complexity index is 321. The fourth-order valence-electron chi connectivity index (χ4n) is 1.76. The molecular weight excluding hydrogens is 210 g/mol. The maximum Gasteiger partial charge on any atom is 0.0662 e. The van der Waals surface area contributed by atoms with Crippen LogP contribution >= 0.6 is 12.4 Å². The first-order valence-corrected chi connectivity index (χ1v) is 5.15. The molecule has 0 spiro atoms. The van der Waals surface area contributed by atoms with Crippen molar-refractivity contribution in [1.82, 2.24) is 5.32 Å². The molecule has 1 N–H and O–H groups in total. The van der Waals surface area contributed by atoms with Crippen molar-refractivity contribution < 1.29 is 4.74 Å². The zero-order valence-corrected chi connectivity index (χ0v) is 10.1. The summed E-state index contributed by atoms with van der Waals surface area (Å²) in [4.78, 5) is 0. The van der Waals surface area contributed by atoms with Crippen molar-refractivity contribution in [2.45, 2.75) is 19.9 Å². The van der Waals surface area contributed by atoms with Gasteiger partial charge in [-0.2, -0.15) is 0 Å². The Hall–Kier alpha value is -0.570. The van der Waals surface area contributed by atoms with Gasteiger partial charge < -0.3 is 10.1 Å². The van der Waals surface area contributed by atoms with Gasteiger partial charge in [0.15, 0.2) is 0 Å². The van der Waals surface area contributed by atoms with Crippen molar-refractivity contribution in [2.24, 2.45) is 0 Å². The molecule has 0 saturated carbocycles. The summed E-state index contributed by atoms with van der Waals surface area (Å²) in [7, 11) is 0. The number of morpholine rings is 1. The van der Waals surface area contributed by atoms with Gasteiger partial charge in [0.1, 0.15) is 0 Å². The minimum atomic E-state index is 0. The highest BCUT2D eigenvalue weighted by molar-refractivity contribution is 5.85. The minimum Gasteiger partial charge on any atom is -0.378 e. The molecule has 1 atom stereocenters. The summed E-state index contributed by atoms with van der Waals surface area (Å²) >= 11 is 0. The fraction of sp³-hybridized carbons (Fsp3) is 0.500. The van der Waals surface area contributed by atoms with E-state index in [2.05, 4.69) is 37.4 Å². The Morgan fingerprint density at radius 3 is 2.67 bits per heavy atom. The first kappa shape index (κ1) is 12.5. The molecule has 1 saturated heterocycles. The van der Waals surface area contributed by atoms with Crippen LogP contribution in [0.5, 0.6) is 0 Å². The van der Waals surface area contributed by atoms with Gasteiger partial charge in [0, 0.05) is 6.54 Å². The molecule has 15 heavy (non-hydrogen) atoms. The van der Waals surface area contributed by atoms with E-state index in [1.54, 1.807) is 0 Å². The fourth-order valence-corrected chi connectivity index (χ4v) is 1.76. The van der Waals surface area contributed by atoms with Gasteiger partial charge in [-0.15, -0.1) is 12.4 Å². The summed E-state index contributed by atoms with van der Waals surface area (Å²) in [6.07, 6.45) is 0. The number of nitrogens with one attached hydrogen (secondary N) is 1. The molecule has 0 radical (unpaired) electrons. The number of halogens is 1. The molecule has 0 amide bonds. The minimum absolute atomic E-state index is 0. The van der Waals surface area contributed by atoms with E-state index in [0.717, 1.165) is 19.8 Å². The molecule has 1 aromatic rings. The van der Waals surface area contributed by atoms with Crippen LogP contribution in [0, 0.1) is 13.8 Å². The van der Waals surface area contributed by atoms with E-state index in [1.165, 1.54) is 16.7 Å². The lowest BCUT2D eigenvalue weighted by atomic mass is 10.0. The molecule has 3 heteroatoms. The first-order chi connectivity index (χ1) is 6.77. The zero-order chi connectivity index (χ0) is 9.97. The van der Waals surface area contributed by atoms with Crippen LogP contribution in [0.1, 0.15) is 22.7 Å². The average Bonchev–Trinajstić information content (AvgIpc) is 2.23. The molecule has 1 heterocycles. The lowest BCUT2D eigenvalue weighted by molar-refractivity contribution is 0.0768. The predicted molar refractivity (Wildman–Crippen MR) is 64.7 cm³/mol. The second-order valence-electron chi connectivity index (χ2n) is 3.93. The van der Waals surface area contributed by atoms with Crippen LogP contribution in [0.3, 0.4) is 0 Å². The number of aryl methyl sites for hydroxylation is 2. The third-order valence-electron chi connectivity index (χ3n) is 2.85. The molecule has 1 aliphatic rings. The Labute approximate surface area is 97.4 Å². The van der Waals surface area contributed by atoms with Crippen LogP contribution in [-0.4, -0.2) is 19.8 Å². The normalized spacial score (nSPS) is 20.8. The summed E-state index contributed by atoms with van der Waals surface area (Å²) in [5.41, 5.74) is 4.05. The van der Waals surface area contributed by atoms with Crippen molar-refractivity contribution >= 4 is 12.4 Å². The quantitative estimate of drug-likeness (QED) is 0.796. The summed E-state index contributed by atoms with van der Waals surface area (Å²) in [6.45, 7) is 6.88. The van der Waals surface area contributed by atoms with Gasteiger partial charge in [0.05, 0.1) is 19.3 Å². The maximum atomic E-state index is 5.44. The Morgan fingerprint density at radius 2 is 2.07 bits per heavy atom. The molecule has 2 nitrogen and oxygen atoms in total. The van der Waals surface area contributed by atoms with Crippen LogP contribution in [-0.2, 0) is 4.74 Å². The second-order valence-corrected chi connectivity index (χ2v) is 3.93. The third kappa shape index (κ3) is 2.94. The maximum absolute atomic E-state index is 5.44. The first-order valence-electron chi connectivity index (χ1n) is 5.15. The molecule has 0 aromatic heterocycles. The number of hydrogen-bond acceptors (Lipinski definition) is 2. The highest BCUT2D eigenvalue weighted by Crippen LogP contribution is 2.18. The summed E-state index contributed by atoms with van der Waals surface area (Å²) in [5, 5.41) is 3.46. The van der Waals surface area contributed by atoms with Gasteiger partial charge in [-0.3, -0.25) is 0 Å². The lowest BCUT2D eigenvalue weighted by Crippen LogP contribution is -2.34. The Kier molecular flexibility index (Phi) is 4.58. The van der Waals surface area contributed by atoms with Crippen molar-refractivity contribution in [3.63, 3.8) is 0 Å². The predicted octanol–water partition coefficient (Wildman–Crippen LogP) is 2.39. The molecule has 0 aliphatic carbocycles. The van der Waals surface area contributed by atoms with Crippen molar-refractivity contribution in [1.29, 1.82) is 0 Å². The van der Waals surface area contributed by atoms with E-state index < -0.39 is 0 Å². The van der Waals surface area contributed by atoms with Gasteiger partial charge in [-0.1, -0.05) is 18.2 Å². The van der Waals surface area contributed by atoms with E-state index in [1.807, 2.05) is 0 Å². The van der Waals surface area contributed by atoms with E-state index in [9.17, 15) is 0 Å². The number of ether oxygens (including phenoxy) is 1. The van der Waals surface area contributed by atoms with Crippen molar-refractivity contribution in [3.05, 3.63) is 34.9 Å². The summed E-state index contributed by atoms with van der Waals surface area (Å²) in [6, 6.07) is 7.00. The highest BCUT2D eigenvalue weighted by atomic mass is 35.5. The van der Waals surface area contributed by atoms with Gasteiger partial charge in [0.2, 0.25) is 0 Å². The van der Waals surface area contributed by atoms with Gasteiger partial charge in [0.25, 0.3) is 0 Å². The molecule has 0 unspecified atom stereocenters. The number of rotatable bonds is 1. The zero-order valence-electron chi connectivity index (χ0n) is 9.25. The SMILES string of the molecule is Cc1ccc([C@H]2COCCN2)cc1C.Cl. The number of benzene rings is 1. The van der Waals surface area contributed by atoms with Gasteiger partial charge in [-0.25, -0.2) is 0 Å². The third-order valence-corrected chi connectivity index (χ3v) is 2.85.